The Morgan fingerprint density at radius 1 is 1.21 bits per heavy atom. The summed E-state index contributed by atoms with van der Waals surface area (Å²) < 4.78 is 15.5. The zero-order valence-corrected chi connectivity index (χ0v) is 14.8. The van der Waals surface area contributed by atoms with Crippen molar-refractivity contribution in [1.82, 2.24) is 0 Å². The van der Waals surface area contributed by atoms with Gasteiger partial charge in [0.2, 0.25) is 0 Å². The number of anilines is 1. The number of benzene rings is 1. The monoisotopic (exact) mass is 349 g/mol. The van der Waals surface area contributed by atoms with Crippen LogP contribution < -0.4 is 14.8 Å². The lowest BCUT2D eigenvalue weighted by atomic mass is 10.1. The molecule has 0 bridgehead atoms. The third kappa shape index (κ3) is 3.68. The van der Waals surface area contributed by atoms with Gasteiger partial charge in [0.1, 0.15) is 4.88 Å². The van der Waals surface area contributed by atoms with Gasteiger partial charge in [-0.1, -0.05) is 6.07 Å². The molecule has 2 rings (SSSR count). The van der Waals surface area contributed by atoms with E-state index in [1.54, 1.807) is 38.1 Å². The van der Waals surface area contributed by atoms with E-state index in [9.17, 15) is 9.59 Å². The number of hydrogen-bond acceptors (Lipinski definition) is 6. The molecule has 7 heteroatoms. The fraction of sp³-hybridized carbons (Fsp3) is 0.294. The summed E-state index contributed by atoms with van der Waals surface area (Å²) in [7, 11) is 2.98. The van der Waals surface area contributed by atoms with Crippen molar-refractivity contribution < 1.29 is 23.8 Å². The molecule has 0 aliphatic carbocycles. The van der Waals surface area contributed by atoms with Gasteiger partial charge >= 0.3 is 5.97 Å². The smallest absolute Gasteiger partial charge is 0.348 e. The van der Waals surface area contributed by atoms with Gasteiger partial charge in [-0.2, -0.15) is 0 Å². The number of amides is 1. The molecule has 0 radical (unpaired) electrons. The van der Waals surface area contributed by atoms with Gasteiger partial charge in [-0.05, 0) is 37.6 Å². The van der Waals surface area contributed by atoms with Gasteiger partial charge in [-0.25, -0.2) is 4.79 Å². The van der Waals surface area contributed by atoms with Crippen LogP contribution in [0.5, 0.6) is 11.5 Å². The van der Waals surface area contributed by atoms with E-state index in [1.165, 1.54) is 25.6 Å². The Bertz CT molecular complexity index is 753. The van der Waals surface area contributed by atoms with Crippen molar-refractivity contribution in [3.05, 3.63) is 40.3 Å². The summed E-state index contributed by atoms with van der Waals surface area (Å²) in [5, 5.41) is 3.34. The average molecular weight is 349 g/mol. The number of rotatable bonds is 6. The highest BCUT2D eigenvalue weighted by atomic mass is 32.1. The number of aryl methyl sites for hydroxylation is 1. The van der Waals surface area contributed by atoms with Gasteiger partial charge in [0, 0.05) is 0 Å². The van der Waals surface area contributed by atoms with Gasteiger partial charge in [0.05, 0.1) is 31.4 Å². The molecule has 0 unspecified atom stereocenters. The fourth-order valence-electron chi connectivity index (χ4n) is 2.19. The van der Waals surface area contributed by atoms with Crippen LogP contribution in [0.2, 0.25) is 0 Å². The maximum atomic E-state index is 12.5. The Balaban J connectivity index is 2.25. The van der Waals surface area contributed by atoms with E-state index in [0.717, 1.165) is 5.56 Å². The second-order valence-corrected chi connectivity index (χ2v) is 5.89. The highest BCUT2D eigenvalue weighted by Gasteiger charge is 2.19. The molecule has 1 N–H and O–H groups in total. The summed E-state index contributed by atoms with van der Waals surface area (Å²) in [4.78, 5) is 24.9. The molecule has 1 amide bonds. The van der Waals surface area contributed by atoms with Gasteiger partial charge in [-0.3, -0.25) is 4.79 Å². The van der Waals surface area contributed by atoms with Crippen LogP contribution in [0.25, 0.3) is 0 Å². The molecule has 0 fully saturated rings. The van der Waals surface area contributed by atoms with Crippen LogP contribution in [0.15, 0.2) is 24.3 Å². The van der Waals surface area contributed by atoms with Crippen LogP contribution in [0.4, 0.5) is 5.00 Å². The Morgan fingerprint density at radius 3 is 2.58 bits per heavy atom. The van der Waals surface area contributed by atoms with Crippen LogP contribution >= 0.6 is 11.3 Å². The maximum Gasteiger partial charge on any atom is 0.348 e. The van der Waals surface area contributed by atoms with Crippen molar-refractivity contribution in [2.24, 2.45) is 0 Å². The number of ether oxygens (including phenoxy) is 3. The molecule has 0 saturated heterocycles. The highest BCUT2D eigenvalue weighted by Crippen LogP contribution is 2.32. The first kappa shape index (κ1) is 17.8. The van der Waals surface area contributed by atoms with E-state index in [2.05, 4.69) is 5.32 Å². The molecule has 1 aromatic heterocycles. The number of para-hydroxylation sites is 1. The van der Waals surface area contributed by atoms with Crippen LogP contribution in [-0.4, -0.2) is 32.7 Å². The van der Waals surface area contributed by atoms with Crippen LogP contribution in [0, 0.1) is 6.92 Å². The summed E-state index contributed by atoms with van der Waals surface area (Å²) in [5.41, 5.74) is 1.10. The third-order valence-corrected chi connectivity index (χ3v) is 4.40. The van der Waals surface area contributed by atoms with E-state index in [4.69, 9.17) is 14.2 Å². The van der Waals surface area contributed by atoms with Crippen molar-refractivity contribution in [3.8, 4) is 11.5 Å². The standard InChI is InChI=1S/C17H19NO5S/c1-5-23-17(20)15-10(2)9-13(24-15)18-16(19)11-7-6-8-12(21-3)14(11)22-4/h6-9H,5H2,1-4H3,(H,18,19). The number of nitrogens with one attached hydrogen (secondary N) is 1. The molecule has 0 atom stereocenters. The highest BCUT2D eigenvalue weighted by molar-refractivity contribution is 7.18. The number of esters is 1. The predicted octanol–water partition coefficient (Wildman–Crippen LogP) is 3.50. The Kier molecular flexibility index (Phi) is 5.81. The fourth-order valence-corrected chi connectivity index (χ4v) is 3.15. The molecule has 1 aromatic carbocycles. The normalized spacial score (nSPS) is 10.2. The lowest BCUT2D eigenvalue weighted by Gasteiger charge is -2.11. The van der Waals surface area contributed by atoms with Crippen LogP contribution in [-0.2, 0) is 4.74 Å². The van der Waals surface area contributed by atoms with Gasteiger partial charge in [-0.15, -0.1) is 11.3 Å². The van der Waals surface area contributed by atoms with E-state index in [1.807, 2.05) is 0 Å². The number of hydrogen-bond donors (Lipinski definition) is 1. The minimum Gasteiger partial charge on any atom is -0.493 e. The number of thiophene rings is 1. The SMILES string of the molecule is CCOC(=O)c1sc(NC(=O)c2cccc(OC)c2OC)cc1C. The van der Waals surface area contributed by atoms with Crippen LogP contribution in [0.1, 0.15) is 32.5 Å². The van der Waals surface area contributed by atoms with Crippen molar-refractivity contribution in [2.45, 2.75) is 13.8 Å². The molecular weight excluding hydrogens is 330 g/mol. The molecule has 0 spiro atoms. The maximum absolute atomic E-state index is 12.5. The number of carbonyl (C=O) groups excluding carboxylic acids is 2. The first-order chi connectivity index (χ1) is 11.5. The topological polar surface area (TPSA) is 73.9 Å². The van der Waals surface area contributed by atoms with E-state index in [-0.39, 0.29) is 11.9 Å². The second kappa shape index (κ2) is 7.83. The first-order valence-electron chi connectivity index (χ1n) is 7.31. The van der Waals surface area contributed by atoms with Gasteiger partial charge < -0.3 is 19.5 Å². The summed E-state index contributed by atoms with van der Waals surface area (Å²) >= 11 is 1.18. The molecule has 0 saturated carbocycles. The molecule has 1 heterocycles. The molecule has 128 valence electrons. The largest absolute Gasteiger partial charge is 0.493 e. The Hall–Kier alpha value is -2.54. The summed E-state index contributed by atoms with van der Waals surface area (Å²) in [6.45, 7) is 3.85. The molecule has 6 nitrogen and oxygen atoms in total. The minimum absolute atomic E-state index is 0.304. The lowest BCUT2D eigenvalue weighted by Crippen LogP contribution is -2.12. The number of carbonyl (C=O) groups is 2. The summed E-state index contributed by atoms with van der Waals surface area (Å²) in [6, 6.07) is 6.80. The van der Waals surface area contributed by atoms with Crippen molar-refractivity contribution in [1.29, 1.82) is 0 Å². The zero-order valence-electron chi connectivity index (χ0n) is 14.0. The molecule has 2 aromatic rings. The van der Waals surface area contributed by atoms with Crippen molar-refractivity contribution >= 4 is 28.2 Å². The van der Waals surface area contributed by atoms with E-state index >= 15 is 0 Å². The average Bonchev–Trinajstić information content (AvgIpc) is 2.94. The molecule has 0 aliphatic rings. The Morgan fingerprint density at radius 2 is 1.96 bits per heavy atom. The zero-order chi connectivity index (χ0) is 17.7. The van der Waals surface area contributed by atoms with E-state index in [0.29, 0.717) is 33.5 Å². The number of methoxy groups -OCH3 is 2. The third-order valence-electron chi connectivity index (χ3n) is 3.26. The minimum atomic E-state index is -0.389. The van der Waals surface area contributed by atoms with Gasteiger partial charge in [0.25, 0.3) is 5.91 Å². The Labute approximate surface area is 144 Å². The first-order valence-corrected chi connectivity index (χ1v) is 8.13. The van der Waals surface area contributed by atoms with Crippen molar-refractivity contribution in [3.63, 3.8) is 0 Å². The van der Waals surface area contributed by atoms with Crippen LogP contribution in [0.3, 0.4) is 0 Å². The van der Waals surface area contributed by atoms with E-state index < -0.39 is 0 Å². The van der Waals surface area contributed by atoms with Gasteiger partial charge in [0.15, 0.2) is 11.5 Å². The van der Waals surface area contributed by atoms with Crippen molar-refractivity contribution in [2.75, 3.05) is 26.1 Å². The predicted molar refractivity (Wildman–Crippen MR) is 92.5 cm³/mol. The molecule has 0 aliphatic heterocycles. The molecular formula is C17H19NO5S. The quantitative estimate of drug-likeness (QED) is 0.808. The summed E-state index contributed by atoms with van der Waals surface area (Å²) in [6.07, 6.45) is 0. The lowest BCUT2D eigenvalue weighted by molar-refractivity contribution is 0.0531. The summed E-state index contributed by atoms with van der Waals surface area (Å²) in [5.74, 6) is 0.0954. The molecule has 24 heavy (non-hydrogen) atoms. The second-order valence-electron chi connectivity index (χ2n) is 4.84.